The van der Waals surface area contributed by atoms with Crippen molar-refractivity contribution in [3.63, 3.8) is 0 Å². The SMILES string of the molecule is CC(C)(C)c1ccc(S(=O)(=O)Nc2ccc(Cl)cc2C(=O)c2cc[n+]([O-])cc2)cc1.CC(C)(C)c1ccc(S(=O)(=O)Nc2ccc(Cl)cc2C(N)c2cc[n+]([O-])cc2)cc1.[HH].[HH]. The molecule has 0 saturated carbocycles. The normalized spacial score (nSPS) is 12.5. The Labute approximate surface area is 363 Å². The molecule has 0 radical (unpaired) electrons. The van der Waals surface area contributed by atoms with E-state index in [9.17, 15) is 32.0 Å². The second-order valence-electron chi connectivity index (χ2n) is 15.9. The fourth-order valence-electron chi connectivity index (χ4n) is 5.88. The third-order valence-corrected chi connectivity index (χ3v) is 12.6. The van der Waals surface area contributed by atoms with E-state index in [2.05, 4.69) is 30.2 Å². The fourth-order valence-corrected chi connectivity index (χ4v) is 8.40. The highest BCUT2D eigenvalue weighted by Gasteiger charge is 2.24. The lowest BCUT2D eigenvalue weighted by atomic mass is 9.87. The molecule has 0 fully saturated rings. The van der Waals surface area contributed by atoms with Crippen LogP contribution in [0.4, 0.5) is 11.4 Å². The van der Waals surface area contributed by atoms with E-state index in [1.54, 1.807) is 54.6 Å². The van der Waals surface area contributed by atoms with Gasteiger partial charge in [-0.1, -0.05) is 89.0 Å². The summed E-state index contributed by atoms with van der Waals surface area (Å²) in [5, 5.41) is 23.2. The van der Waals surface area contributed by atoms with Crippen molar-refractivity contribution < 1.29 is 33.9 Å². The highest BCUT2D eigenvalue weighted by Crippen LogP contribution is 2.32. The minimum Gasteiger partial charge on any atom is -0.619 e. The third-order valence-electron chi connectivity index (χ3n) is 9.38. The Hall–Kier alpha value is -5.51. The Balaban J connectivity index is 0.000000320. The Morgan fingerprint density at radius 3 is 1.47 bits per heavy atom. The number of carbonyl (C=O) groups is 1. The number of halogens is 2. The topological polar surface area (TPSA) is 189 Å². The maximum absolute atomic E-state index is 13.0. The van der Waals surface area contributed by atoms with Crippen molar-refractivity contribution in [2.45, 2.75) is 68.2 Å². The average Bonchev–Trinajstić information content (AvgIpc) is 3.19. The molecule has 2 heterocycles. The van der Waals surface area contributed by atoms with E-state index in [4.69, 9.17) is 28.9 Å². The van der Waals surface area contributed by atoms with Gasteiger partial charge in [0.1, 0.15) is 0 Å². The van der Waals surface area contributed by atoms with E-state index in [0.29, 0.717) is 31.3 Å². The summed E-state index contributed by atoms with van der Waals surface area (Å²) in [6, 6.07) is 27.7. The molecule has 0 aliphatic heterocycles. The van der Waals surface area contributed by atoms with Crippen LogP contribution in [0.2, 0.25) is 10.0 Å². The van der Waals surface area contributed by atoms with Crippen molar-refractivity contribution in [1.82, 2.24) is 0 Å². The van der Waals surface area contributed by atoms with Gasteiger partial charge < -0.3 is 16.1 Å². The Morgan fingerprint density at radius 2 is 1.02 bits per heavy atom. The molecular weight excluding hydrogens is 846 g/mol. The Bertz CT molecular complexity index is 2710. The first kappa shape index (κ1) is 45.6. The van der Waals surface area contributed by atoms with Gasteiger partial charge in [-0.25, -0.2) is 16.8 Å². The third kappa shape index (κ3) is 11.4. The lowest BCUT2D eigenvalue weighted by molar-refractivity contribution is -0.605. The largest absolute Gasteiger partial charge is 0.619 e. The van der Waals surface area contributed by atoms with E-state index < -0.39 is 31.9 Å². The summed E-state index contributed by atoms with van der Waals surface area (Å²) >= 11 is 12.2. The van der Waals surface area contributed by atoms with Crippen LogP contribution in [0.15, 0.2) is 144 Å². The van der Waals surface area contributed by atoms with Crippen LogP contribution >= 0.6 is 23.2 Å². The number of hydrogen-bond acceptors (Lipinski definition) is 8. The number of anilines is 2. The first-order chi connectivity index (χ1) is 27.9. The van der Waals surface area contributed by atoms with E-state index >= 15 is 0 Å². The molecule has 318 valence electrons. The molecule has 0 bridgehead atoms. The Morgan fingerprint density at radius 1 is 0.617 bits per heavy atom. The first-order valence-corrected chi connectivity index (χ1v) is 22.2. The maximum atomic E-state index is 13.0. The molecule has 2 aromatic heterocycles. The molecule has 60 heavy (non-hydrogen) atoms. The lowest BCUT2D eigenvalue weighted by Crippen LogP contribution is -2.25. The lowest BCUT2D eigenvalue weighted by Gasteiger charge is -2.20. The smallest absolute Gasteiger partial charge is 0.261 e. The molecule has 12 nitrogen and oxygen atoms in total. The molecule has 4 aromatic carbocycles. The van der Waals surface area contributed by atoms with E-state index in [1.165, 1.54) is 67.3 Å². The molecule has 6 aromatic rings. The number of hydrogen-bond donors (Lipinski definition) is 3. The second kappa shape index (κ2) is 18.0. The summed E-state index contributed by atoms with van der Waals surface area (Å²) in [7, 11) is -7.77. The van der Waals surface area contributed by atoms with Crippen LogP contribution in [0.3, 0.4) is 0 Å². The highest BCUT2D eigenvalue weighted by molar-refractivity contribution is 7.93. The predicted octanol–water partition coefficient (Wildman–Crippen LogP) is 8.91. The number of nitrogens with zero attached hydrogens (tertiary/aromatic N) is 2. The van der Waals surface area contributed by atoms with E-state index in [1.807, 2.05) is 32.9 Å². The van der Waals surface area contributed by atoms with Crippen molar-refractivity contribution in [2.75, 3.05) is 9.44 Å². The van der Waals surface area contributed by atoms with Crippen molar-refractivity contribution in [2.24, 2.45) is 5.73 Å². The summed E-state index contributed by atoms with van der Waals surface area (Å²) in [5.74, 6) is -0.459. The zero-order valence-corrected chi connectivity index (χ0v) is 36.8. The zero-order valence-electron chi connectivity index (χ0n) is 33.7. The predicted molar refractivity (Wildman–Crippen MR) is 239 cm³/mol. The zero-order chi connectivity index (χ0) is 44.2. The second-order valence-corrected chi connectivity index (χ2v) is 20.2. The quantitative estimate of drug-likeness (QED) is 0.0690. The van der Waals surface area contributed by atoms with Crippen LogP contribution in [-0.4, -0.2) is 22.6 Å². The number of ketones is 1. The standard InChI is InChI=1S/C22H24ClN3O3S.C22H21ClN2O4S.2H2/c1-22(2,3)16-4-7-18(8-5-16)30(28,29)25-20-9-6-17(23)14-19(20)21(24)15-10-12-26(27)13-11-15;1-22(2,3)16-4-7-18(8-5-16)30(28,29)24-20-9-6-17(23)14-19(20)21(26)15-10-12-25(27)13-11-15;;/h4-14,21,25H,24H2,1-3H3;4-14,24H,1-3H3;2*1H. The van der Waals surface area contributed by atoms with Gasteiger partial charge in [0.05, 0.1) is 27.2 Å². The Kier molecular flexibility index (Phi) is 13.7. The maximum Gasteiger partial charge on any atom is 0.261 e. The van der Waals surface area contributed by atoms with E-state index in [0.717, 1.165) is 11.1 Å². The van der Waals surface area contributed by atoms with E-state index in [-0.39, 0.29) is 45.3 Å². The number of sulfonamides is 2. The molecule has 0 spiro atoms. The molecular formula is C44H49Cl2N5O7S2. The van der Waals surface area contributed by atoms with Crippen LogP contribution in [0.5, 0.6) is 0 Å². The minimum absolute atomic E-state index is 0. The summed E-state index contributed by atoms with van der Waals surface area (Å²) in [5.41, 5.74) is 10.1. The molecule has 16 heteroatoms. The van der Waals surface area contributed by atoms with Gasteiger partial charge in [-0.2, -0.15) is 9.46 Å². The molecule has 1 unspecified atom stereocenters. The van der Waals surface area contributed by atoms with Crippen molar-refractivity contribution in [1.29, 1.82) is 0 Å². The number of rotatable bonds is 10. The average molecular weight is 895 g/mol. The van der Waals surface area contributed by atoms with Crippen molar-refractivity contribution in [3.8, 4) is 0 Å². The van der Waals surface area contributed by atoms with Crippen molar-refractivity contribution in [3.05, 3.63) is 188 Å². The fraction of sp³-hybridized carbons (Fsp3) is 0.205. The number of benzene rings is 4. The molecule has 0 amide bonds. The van der Waals surface area contributed by atoms with Gasteiger partial charge >= 0.3 is 0 Å². The first-order valence-electron chi connectivity index (χ1n) is 18.5. The van der Waals surface area contributed by atoms with Crippen LogP contribution < -0.4 is 24.6 Å². The summed E-state index contributed by atoms with van der Waals surface area (Å²) in [4.78, 5) is 13.1. The minimum atomic E-state index is -3.93. The number of pyridine rings is 2. The van der Waals surface area contributed by atoms with Gasteiger partial charge in [-0.3, -0.25) is 14.2 Å². The summed E-state index contributed by atoms with van der Waals surface area (Å²) in [6.45, 7) is 12.3. The van der Waals surface area contributed by atoms with Gasteiger partial charge in [-0.05, 0) is 93.7 Å². The number of nitrogens with two attached hydrogens (primary N) is 1. The molecule has 1 atom stereocenters. The van der Waals surface area contributed by atoms with Crippen LogP contribution in [0, 0.1) is 10.4 Å². The van der Waals surface area contributed by atoms with Crippen LogP contribution in [0.25, 0.3) is 0 Å². The van der Waals surface area contributed by atoms with Gasteiger partial charge in [0.2, 0.25) is 0 Å². The van der Waals surface area contributed by atoms with Crippen LogP contribution in [0.1, 0.15) is 88.6 Å². The van der Waals surface area contributed by atoms with Gasteiger partial charge in [0.15, 0.2) is 30.6 Å². The van der Waals surface area contributed by atoms with Gasteiger partial charge in [0.25, 0.3) is 20.0 Å². The van der Waals surface area contributed by atoms with Crippen LogP contribution in [-0.2, 0) is 30.9 Å². The molecule has 0 aliphatic rings. The number of carbonyl (C=O) groups excluding carboxylic acids is 1. The molecule has 4 N–H and O–H groups in total. The number of aromatic nitrogens is 2. The van der Waals surface area contributed by atoms with Gasteiger partial charge in [-0.15, -0.1) is 0 Å². The van der Waals surface area contributed by atoms with Crippen molar-refractivity contribution >= 4 is 60.4 Å². The highest BCUT2D eigenvalue weighted by atomic mass is 35.5. The monoisotopic (exact) mass is 893 g/mol. The molecule has 6 rings (SSSR count). The van der Waals surface area contributed by atoms with Gasteiger partial charge in [0, 0.05) is 48.3 Å². The molecule has 0 aliphatic carbocycles. The summed E-state index contributed by atoms with van der Waals surface area (Å²) < 4.78 is 58.1. The molecule has 0 saturated heterocycles. The number of nitrogens with one attached hydrogen (secondary N) is 2. The summed E-state index contributed by atoms with van der Waals surface area (Å²) in [6.07, 6.45) is 5.05.